The molecule has 0 fully saturated rings. The third kappa shape index (κ3) is 8.18. The first-order valence-corrected chi connectivity index (χ1v) is 7.85. The van der Waals surface area contributed by atoms with E-state index >= 15 is 0 Å². The molecule has 0 spiro atoms. The van der Waals surface area contributed by atoms with Crippen molar-refractivity contribution in [3.05, 3.63) is 42.0 Å². The summed E-state index contributed by atoms with van der Waals surface area (Å²) in [6.07, 6.45) is 12.4. The lowest BCUT2D eigenvalue weighted by molar-refractivity contribution is 0.0498. The van der Waals surface area contributed by atoms with Gasteiger partial charge < -0.3 is 9.84 Å². The molecule has 0 aromatic heterocycles. The molecule has 0 saturated carbocycles. The van der Waals surface area contributed by atoms with Gasteiger partial charge in [0, 0.05) is 0 Å². The number of esters is 1. The second-order valence-corrected chi connectivity index (χ2v) is 5.15. The highest BCUT2D eigenvalue weighted by atomic mass is 16.5. The Hall–Kier alpha value is -1.77. The van der Waals surface area contributed by atoms with E-state index in [-0.39, 0.29) is 11.7 Å². The minimum absolute atomic E-state index is 0.150. The highest BCUT2D eigenvalue weighted by Crippen LogP contribution is 2.11. The predicted molar refractivity (Wildman–Crippen MR) is 85.5 cm³/mol. The SMILES string of the molecule is CCCCC/C=C/CCCCOC(=O)c1ccc(O)cc1. The molecule has 0 aliphatic carbocycles. The fraction of sp³-hybridized carbons (Fsp3) is 0.500. The first-order valence-electron chi connectivity index (χ1n) is 7.85. The molecule has 0 bridgehead atoms. The van der Waals surface area contributed by atoms with Crippen LogP contribution in [0.2, 0.25) is 0 Å². The minimum atomic E-state index is -0.329. The van der Waals surface area contributed by atoms with Crippen LogP contribution in [0.3, 0.4) is 0 Å². The highest BCUT2D eigenvalue weighted by molar-refractivity contribution is 5.89. The van der Waals surface area contributed by atoms with Crippen molar-refractivity contribution in [3.8, 4) is 5.75 Å². The second kappa shape index (κ2) is 11.0. The molecule has 3 heteroatoms. The van der Waals surface area contributed by atoms with E-state index in [9.17, 15) is 4.79 Å². The molecule has 3 nitrogen and oxygen atoms in total. The zero-order chi connectivity index (χ0) is 15.3. The molecule has 0 radical (unpaired) electrons. The number of unbranched alkanes of at least 4 members (excludes halogenated alkanes) is 5. The number of benzene rings is 1. The standard InChI is InChI=1S/C18H26O3/c1-2-3-4-5-6-7-8-9-10-15-21-18(20)16-11-13-17(19)14-12-16/h6-7,11-14,19H,2-5,8-10,15H2,1H3/b7-6+. The average Bonchev–Trinajstić information content (AvgIpc) is 2.49. The van der Waals surface area contributed by atoms with Gasteiger partial charge in [0.1, 0.15) is 5.75 Å². The van der Waals surface area contributed by atoms with Crippen molar-refractivity contribution in [3.63, 3.8) is 0 Å². The summed E-state index contributed by atoms with van der Waals surface area (Å²) < 4.78 is 5.18. The molecule has 0 unspecified atom stereocenters. The minimum Gasteiger partial charge on any atom is -0.508 e. The van der Waals surface area contributed by atoms with Crippen LogP contribution in [0.5, 0.6) is 5.75 Å². The van der Waals surface area contributed by atoms with Crippen molar-refractivity contribution in [1.82, 2.24) is 0 Å². The van der Waals surface area contributed by atoms with E-state index in [1.165, 1.54) is 37.8 Å². The number of carbonyl (C=O) groups excluding carboxylic acids is 1. The van der Waals surface area contributed by atoms with Crippen LogP contribution in [-0.4, -0.2) is 17.7 Å². The molecule has 0 heterocycles. The number of hydrogen-bond donors (Lipinski definition) is 1. The van der Waals surface area contributed by atoms with E-state index in [1.807, 2.05) is 0 Å². The van der Waals surface area contributed by atoms with Crippen LogP contribution in [0, 0.1) is 0 Å². The van der Waals surface area contributed by atoms with Crippen molar-refractivity contribution in [2.75, 3.05) is 6.61 Å². The lowest BCUT2D eigenvalue weighted by Gasteiger charge is -2.04. The van der Waals surface area contributed by atoms with Gasteiger partial charge in [-0.3, -0.25) is 0 Å². The molecule has 1 N–H and O–H groups in total. The fourth-order valence-electron chi connectivity index (χ4n) is 1.96. The highest BCUT2D eigenvalue weighted by Gasteiger charge is 2.05. The Morgan fingerprint density at radius 3 is 2.29 bits per heavy atom. The number of rotatable bonds is 10. The van der Waals surface area contributed by atoms with Gasteiger partial charge in [0.05, 0.1) is 12.2 Å². The van der Waals surface area contributed by atoms with Crippen LogP contribution in [0.4, 0.5) is 0 Å². The largest absolute Gasteiger partial charge is 0.508 e. The number of carbonyl (C=O) groups is 1. The normalized spacial score (nSPS) is 10.9. The number of phenolic OH excluding ortho intramolecular Hbond substituents is 1. The third-order valence-electron chi connectivity index (χ3n) is 3.24. The zero-order valence-electron chi connectivity index (χ0n) is 12.9. The summed E-state index contributed by atoms with van der Waals surface area (Å²) in [5.41, 5.74) is 0.476. The number of aromatic hydroxyl groups is 1. The van der Waals surface area contributed by atoms with E-state index in [0.717, 1.165) is 19.3 Å². The zero-order valence-corrected chi connectivity index (χ0v) is 12.9. The van der Waals surface area contributed by atoms with Gasteiger partial charge >= 0.3 is 5.97 Å². The Morgan fingerprint density at radius 1 is 1.05 bits per heavy atom. The Morgan fingerprint density at radius 2 is 1.67 bits per heavy atom. The number of hydrogen-bond acceptors (Lipinski definition) is 3. The Bertz CT molecular complexity index is 421. The van der Waals surface area contributed by atoms with Gasteiger partial charge in [-0.15, -0.1) is 0 Å². The molecular weight excluding hydrogens is 264 g/mol. The molecule has 1 rings (SSSR count). The molecule has 0 saturated heterocycles. The lowest BCUT2D eigenvalue weighted by Crippen LogP contribution is -2.06. The monoisotopic (exact) mass is 290 g/mol. The predicted octanol–water partition coefficient (Wildman–Crippen LogP) is 4.86. The van der Waals surface area contributed by atoms with E-state index in [0.29, 0.717) is 12.2 Å². The van der Waals surface area contributed by atoms with Gasteiger partial charge in [-0.1, -0.05) is 31.9 Å². The van der Waals surface area contributed by atoms with E-state index in [2.05, 4.69) is 19.1 Å². The summed E-state index contributed by atoms with van der Waals surface area (Å²) in [6.45, 7) is 2.66. The second-order valence-electron chi connectivity index (χ2n) is 5.15. The van der Waals surface area contributed by atoms with Gasteiger partial charge in [0.25, 0.3) is 0 Å². The Labute approximate surface area is 127 Å². The smallest absolute Gasteiger partial charge is 0.338 e. The maximum Gasteiger partial charge on any atom is 0.338 e. The van der Waals surface area contributed by atoms with Crippen LogP contribution in [0.15, 0.2) is 36.4 Å². The van der Waals surface area contributed by atoms with E-state index in [4.69, 9.17) is 9.84 Å². The summed E-state index contributed by atoms with van der Waals surface area (Å²) in [6, 6.07) is 6.10. The molecule has 21 heavy (non-hydrogen) atoms. The van der Waals surface area contributed by atoms with E-state index in [1.54, 1.807) is 12.1 Å². The molecule has 0 aliphatic rings. The summed E-state index contributed by atoms with van der Waals surface area (Å²) in [7, 11) is 0. The molecule has 1 aromatic carbocycles. The molecule has 0 amide bonds. The van der Waals surface area contributed by atoms with Crippen LogP contribution in [0.1, 0.15) is 62.2 Å². The Kier molecular flexibility index (Phi) is 9.01. The summed E-state index contributed by atoms with van der Waals surface area (Å²) >= 11 is 0. The summed E-state index contributed by atoms with van der Waals surface area (Å²) in [5.74, 6) is -0.178. The maximum atomic E-state index is 11.7. The van der Waals surface area contributed by atoms with Crippen molar-refractivity contribution in [2.45, 2.75) is 51.9 Å². The third-order valence-corrected chi connectivity index (χ3v) is 3.24. The molecule has 0 aliphatic heterocycles. The number of ether oxygens (including phenoxy) is 1. The first-order chi connectivity index (χ1) is 10.2. The van der Waals surface area contributed by atoms with Crippen LogP contribution in [0.25, 0.3) is 0 Å². The number of allylic oxidation sites excluding steroid dienone is 2. The van der Waals surface area contributed by atoms with Crippen molar-refractivity contribution >= 4 is 5.97 Å². The number of phenols is 1. The van der Waals surface area contributed by atoms with Gasteiger partial charge in [-0.25, -0.2) is 4.79 Å². The Balaban J connectivity index is 2.03. The van der Waals surface area contributed by atoms with Gasteiger partial charge in [-0.05, 0) is 56.4 Å². The van der Waals surface area contributed by atoms with Crippen molar-refractivity contribution < 1.29 is 14.6 Å². The van der Waals surface area contributed by atoms with E-state index < -0.39 is 0 Å². The maximum absolute atomic E-state index is 11.7. The first kappa shape index (κ1) is 17.3. The summed E-state index contributed by atoms with van der Waals surface area (Å²) in [5, 5.41) is 9.14. The van der Waals surface area contributed by atoms with Gasteiger partial charge in [0.15, 0.2) is 0 Å². The van der Waals surface area contributed by atoms with Gasteiger partial charge in [0.2, 0.25) is 0 Å². The fourth-order valence-corrected chi connectivity index (χ4v) is 1.96. The quantitative estimate of drug-likeness (QED) is 0.380. The summed E-state index contributed by atoms with van der Waals surface area (Å²) in [4.78, 5) is 11.7. The van der Waals surface area contributed by atoms with Crippen molar-refractivity contribution in [1.29, 1.82) is 0 Å². The molecular formula is C18H26O3. The molecule has 1 aromatic rings. The average molecular weight is 290 g/mol. The molecule has 0 atom stereocenters. The van der Waals surface area contributed by atoms with Gasteiger partial charge in [-0.2, -0.15) is 0 Å². The topological polar surface area (TPSA) is 46.5 Å². The lowest BCUT2D eigenvalue weighted by atomic mass is 10.1. The van der Waals surface area contributed by atoms with Crippen LogP contribution in [-0.2, 0) is 4.74 Å². The van der Waals surface area contributed by atoms with Crippen LogP contribution >= 0.6 is 0 Å². The van der Waals surface area contributed by atoms with Crippen LogP contribution < -0.4 is 0 Å². The molecule has 116 valence electrons. The van der Waals surface area contributed by atoms with Crippen molar-refractivity contribution in [2.24, 2.45) is 0 Å².